The van der Waals surface area contributed by atoms with Crippen molar-refractivity contribution in [1.82, 2.24) is 14.8 Å². The number of hydrogen-bond acceptors (Lipinski definition) is 5. The molecule has 2 rings (SSSR count). The molecular formula is C12H13N3O4. The number of carboxylic acids is 1. The Morgan fingerprint density at radius 2 is 2.11 bits per heavy atom. The van der Waals surface area contributed by atoms with E-state index in [1.165, 1.54) is 11.0 Å². The number of nitrogens with zero attached hydrogens (tertiary/aromatic N) is 3. The Hall–Kier alpha value is -2.41. The van der Waals surface area contributed by atoms with E-state index in [2.05, 4.69) is 10.1 Å². The predicted octanol–water partition coefficient (Wildman–Crippen LogP) is 0.482. The lowest BCUT2D eigenvalue weighted by Crippen LogP contribution is -2.41. The standard InChI is InChI=1S/C12H13N3O4/c1-12(18,10(16)17)7-19-11-13-8-15(14-11)9-5-3-2-4-6-9/h2-6,8,18H,7H2,1H3,(H,16,17). The van der Waals surface area contributed by atoms with E-state index in [-0.39, 0.29) is 6.01 Å². The molecule has 100 valence electrons. The zero-order valence-corrected chi connectivity index (χ0v) is 10.2. The molecule has 19 heavy (non-hydrogen) atoms. The topological polar surface area (TPSA) is 97.5 Å². The van der Waals surface area contributed by atoms with Crippen molar-refractivity contribution in [2.24, 2.45) is 0 Å². The summed E-state index contributed by atoms with van der Waals surface area (Å²) in [7, 11) is 0. The number of aromatic nitrogens is 3. The Labute approximate surface area is 109 Å². The molecule has 0 fully saturated rings. The lowest BCUT2D eigenvalue weighted by molar-refractivity contribution is -0.159. The molecule has 0 radical (unpaired) electrons. The molecule has 7 heteroatoms. The van der Waals surface area contributed by atoms with Crippen LogP contribution in [0.3, 0.4) is 0 Å². The molecule has 2 N–H and O–H groups in total. The van der Waals surface area contributed by atoms with Crippen molar-refractivity contribution in [2.45, 2.75) is 12.5 Å². The van der Waals surface area contributed by atoms with Gasteiger partial charge in [0.15, 0.2) is 5.60 Å². The molecule has 7 nitrogen and oxygen atoms in total. The third-order valence-corrected chi connectivity index (χ3v) is 2.43. The van der Waals surface area contributed by atoms with Gasteiger partial charge in [-0.25, -0.2) is 9.48 Å². The van der Waals surface area contributed by atoms with Crippen LogP contribution in [0.15, 0.2) is 36.7 Å². The number of aliphatic hydroxyl groups is 1. The van der Waals surface area contributed by atoms with Crippen LogP contribution in [-0.2, 0) is 4.79 Å². The number of carbonyl (C=O) groups is 1. The van der Waals surface area contributed by atoms with Gasteiger partial charge in [-0.2, -0.15) is 4.98 Å². The average Bonchev–Trinajstić information content (AvgIpc) is 2.86. The summed E-state index contributed by atoms with van der Waals surface area (Å²) in [5.41, 5.74) is -1.17. The van der Waals surface area contributed by atoms with E-state index in [9.17, 15) is 9.90 Å². The van der Waals surface area contributed by atoms with Crippen LogP contribution in [0.5, 0.6) is 6.01 Å². The summed E-state index contributed by atoms with van der Waals surface area (Å²) >= 11 is 0. The van der Waals surface area contributed by atoms with E-state index < -0.39 is 18.2 Å². The second-order valence-electron chi connectivity index (χ2n) is 4.17. The van der Waals surface area contributed by atoms with Gasteiger partial charge in [0.25, 0.3) is 0 Å². The molecule has 0 saturated carbocycles. The highest BCUT2D eigenvalue weighted by atomic mass is 16.5. The second kappa shape index (κ2) is 5.07. The van der Waals surface area contributed by atoms with Gasteiger partial charge in [-0.3, -0.25) is 0 Å². The number of para-hydroxylation sites is 1. The van der Waals surface area contributed by atoms with Crippen molar-refractivity contribution in [3.05, 3.63) is 36.7 Å². The van der Waals surface area contributed by atoms with Crippen molar-refractivity contribution in [1.29, 1.82) is 0 Å². The van der Waals surface area contributed by atoms with Gasteiger partial charge in [0.2, 0.25) is 0 Å². The van der Waals surface area contributed by atoms with E-state index in [0.717, 1.165) is 12.6 Å². The number of aliphatic carboxylic acids is 1. The summed E-state index contributed by atoms with van der Waals surface area (Å²) in [6.45, 7) is 0.713. The zero-order valence-electron chi connectivity index (χ0n) is 10.2. The smallest absolute Gasteiger partial charge is 0.339 e. The molecular weight excluding hydrogens is 250 g/mol. The SMILES string of the molecule is CC(O)(COc1ncn(-c2ccccc2)n1)C(=O)O. The fraction of sp³-hybridized carbons (Fsp3) is 0.250. The Bertz CT molecular complexity index is 565. The zero-order chi connectivity index (χ0) is 13.9. The molecule has 0 aliphatic rings. The van der Waals surface area contributed by atoms with Gasteiger partial charge in [0, 0.05) is 0 Å². The number of rotatable bonds is 5. The minimum atomic E-state index is -1.97. The van der Waals surface area contributed by atoms with E-state index in [4.69, 9.17) is 9.84 Å². The summed E-state index contributed by atoms with van der Waals surface area (Å²) in [4.78, 5) is 14.6. The highest BCUT2D eigenvalue weighted by Crippen LogP contribution is 2.10. The van der Waals surface area contributed by atoms with Crippen molar-refractivity contribution >= 4 is 5.97 Å². The first-order chi connectivity index (χ1) is 8.99. The molecule has 0 aliphatic carbocycles. The molecule has 1 atom stereocenters. The third kappa shape index (κ3) is 3.08. The maximum absolute atomic E-state index is 10.7. The molecule has 0 saturated heterocycles. The third-order valence-electron chi connectivity index (χ3n) is 2.43. The van der Waals surface area contributed by atoms with Gasteiger partial charge in [0.1, 0.15) is 12.9 Å². The van der Waals surface area contributed by atoms with E-state index >= 15 is 0 Å². The minimum absolute atomic E-state index is 0.00498. The predicted molar refractivity (Wildman–Crippen MR) is 65.1 cm³/mol. The van der Waals surface area contributed by atoms with Gasteiger partial charge in [0.05, 0.1) is 5.69 Å². The normalized spacial score (nSPS) is 13.8. The summed E-state index contributed by atoms with van der Waals surface area (Å²) in [6, 6.07) is 9.27. The van der Waals surface area contributed by atoms with Crippen LogP contribution in [-0.4, -0.2) is 43.2 Å². The number of hydrogen-bond donors (Lipinski definition) is 2. The summed E-state index contributed by atoms with van der Waals surface area (Å²) in [5, 5.41) is 22.2. The molecule has 0 amide bonds. The molecule has 0 spiro atoms. The average molecular weight is 263 g/mol. The van der Waals surface area contributed by atoms with Crippen LogP contribution >= 0.6 is 0 Å². The first-order valence-electron chi connectivity index (χ1n) is 5.55. The molecule has 1 unspecified atom stereocenters. The van der Waals surface area contributed by atoms with Crippen molar-refractivity contribution in [2.75, 3.05) is 6.61 Å². The molecule has 0 bridgehead atoms. The molecule has 1 aromatic heterocycles. The molecule has 1 aromatic carbocycles. The number of benzene rings is 1. The largest absolute Gasteiger partial charge is 0.479 e. The minimum Gasteiger partial charge on any atom is -0.479 e. The van der Waals surface area contributed by atoms with Gasteiger partial charge < -0.3 is 14.9 Å². The van der Waals surface area contributed by atoms with Crippen molar-refractivity contribution in [3.63, 3.8) is 0 Å². The fourth-order valence-electron chi connectivity index (χ4n) is 1.29. The Balaban J connectivity index is 2.05. The van der Waals surface area contributed by atoms with Gasteiger partial charge in [-0.1, -0.05) is 18.2 Å². The monoisotopic (exact) mass is 263 g/mol. The van der Waals surface area contributed by atoms with E-state index in [0.29, 0.717) is 0 Å². The quantitative estimate of drug-likeness (QED) is 0.814. The van der Waals surface area contributed by atoms with Crippen LogP contribution < -0.4 is 4.74 Å². The Morgan fingerprint density at radius 1 is 1.42 bits per heavy atom. The van der Waals surface area contributed by atoms with Crippen LogP contribution in [0.4, 0.5) is 0 Å². The van der Waals surface area contributed by atoms with Crippen LogP contribution in [0.2, 0.25) is 0 Å². The van der Waals surface area contributed by atoms with Crippen LogP contribution in [0.1, 0.15) is 6.92 Å². The Kier molecular flexibility index (Phi) is 3.48. The van der Waals surface area contributed by atoms with Gasteiger partial charge >= 0.3 is 12.0 Å². The molecule has 2 aromatic rings. The maximum atomic E-state index is 10.7. The summed E-state index contributed by atoms with van der Waals surface area (Å²) < 4.78 is 6.55. The van der Waals surface area contributed by atoms with Crippen LogP contribution in [0.25, 0.3) is 5.69 Å². The highest BCUT2D eigenvalue weighted by molar-refractivity contribution is 5.76. The number of ether oxygens (including phenoxy) is 1. The first kappa shape index (κ1) is 13.0. The summed E-state index contributed by atoms with van der Waals surface area (Å²) in [5.74, 6) is -1.37. The Morgan fingerprint density at radius 3 is 2.74 bits per heavy atom. The van der Waals surface area contributed by atoms with Gasteiger partial charge in [-0.05, 0) is 19.1 Å². The number of carboxylic acid groups (broad SMARTS) is 1. The lowest BCUT2D eigenvalue weighted by Gasteiger charge is -2.16. The van der Waals surface area contributed by atoms with E-state index in [1.54, 1.807) is 0 Å². The van der Waals surface area contributed by atoms with E-state index in [1.807, 2.05) is 30.3 Å². The van der Waals surface area contributed by atoms with Gasteiger partial charge in [-0.15, -0.1) is 5.10 Å². The fourth-order valence-corrected chi connectivity index (χ4v) is 1.29. The first-order valence-corrected chi connectivity index (χ1v) is 5.55. The van der Waals surface area contributed by atoms with Crippen molar-refractivity contribution in [3.8, 4) is 11.7 Å². The van der Waals surface area contributed by atoms with Crippen molar-refractivity contribution < 1.29 is 19.7 Å². The second-order valence-corrected chi connectivity index (χ2v) is 4.17. The highest BCUT2D eigenvalue weighted by Gasteiger charge is 2.31. The van der Waals surface area contributed by atoms with Crippen LogP contribution in [0, 0.1) is 0 Å². The lowest BCUT2D eigenvalue weighted by atomic mass is 10.1. The molecule has 1 heterocycles. The summed E-state index contributed by atoms with van der Waals surface area (Å²) in [6.07, 6.45) is 1.44. The molecule has 0 aliphatic heterocycles. The maximum Gasteiger partial charge on any atom is 0.339 e.